The van der Waals surface area contributed by atoms with Crippen molar-refractivity contribution in [3.05, 3.63) is 52.8 Å². The summed E-state index contributed by atoms with van der Waals surface area (Å²) in [4.78, 5) is 23.8. The number of carbonyl (C=O) groups excluding carboxylic acids is 2. The molecular weight excluding hydrogens is 327 g/mol. The lowest BCUT2D eigenvalue weighted by Gasteiger charge is -2.18. The van der Waals surface area contributed by atoms with Crippen LogP contribution in [0.25, 0.3) is 0 Å². The van der Waals surface area contributed by atoms with Gasteiger partial charge >= 0.3 is 0 Å². The van der Waals surface area contributed by atoms with Crippen molar-refractivity contribution in [1.29, 1.82) is 0 Å². The molecular formula is C18H17FN2O4. The number of aliphatic hydroxyl groups excluding tert-OH is 1. The number of carbonyl (C=O) groups is 2. The van der Waals surface area contributed by atoms with Crippen LogP contribution >= 0.6 is 0 Å². The summed E-state index contributed by atoms with van der Waals surface area (Å²) in [5.41, 5.74) is 1.94. The number of rotatable bonds is 4. The Labute approximate surface area is 143 Å². The Morgan fingerprint density at radius 1 is 1.32 bits per heavy atom. The number of anilines is 2. The number of methoxy groups -OCH3 is 1. The van der Waals surface area contributed by atoms with Gasteiger partial charge in [0.15, 0.2) is 0 Å². The van der Waals surface area contributed by atoms with E-state index >= 15 is 0 Å². The number of fused-ring (bicyclic) bond motifs is 1. The maximum atomic E-state index is 14.2. The van der Waals surface area contributed by atoms with Crippen LogP contribution in [0.15, 0.2) is 30.3 Å². The fourth-order valence-electron chi connectivity index (χ4n) is 2.75. The summed E-state index contributed by atoms with van der Waals surface area (Å²) < 4.78 is 19.4. The predicted molar refractivity (Wildman–Crippen MR) is 90.2 cm³/mol. The number of aryl methyl sites for hydroxylation is 1. The highest BCUT2D eigenvalue weighted by molar-refractivity contribution is 6.05. The van der Waals surface area contributed by atoms with Crippen LogP contribution < -0.4 is 15.4 Å². The fourth-order valence-corrected chi connectivity index (χ4v) is 2.75. The van der Waals surface area contributed by atoms with Crippen molar-refractivity contribution in [3.63, 3.8) is 0 Å². The second-order valence-electron chi connectivity index (χ2n) is 5.68. The van der Waals surface area contributed by atoms with Crippen LogP contribution in [0.4, 0.5) is 15.8 Å². The normalized spacial score (nSPS) is 13.0. The molecule has 1 aliphatic heterocycles. The zero-order chi connectivity index (χ0) is 18.0. The molecule has 25 heavy (non-hydrogen) atoms. The molecule has 3 rings (SSSR count). The standard InChI is InChI=1S/C18H17FN2O4/c1-25-16-4-3-12(6-11(16)9-22)20-18(24)13-7-10-2-5-17(23)21-15(10)8-14(13)19/h3-4,6-8,22H,2,5,9H2,1H3,(H,20,24)(H,21,23). The minimum absolute atomic E-state index is 0.101. The molecule has 2 amide bonds. The summed E-state index contributed by atoms with van der Waals surface area (Å²) in [5, 5.41) is 14.5. The zero-order valence-electron chi connectivity index (χ0n) is 13.6. The number of amides is 2. The molecule has 0 spiro atoms. The molecule has 0 saturated carbocycles. The van der Waals surface area contributed by atoms with Crippen LogP contribution in [0.5, 0.6) is 5.75 Å². The Morgan fingerprint density at radius 3 is 2.84 bits per heavy atom. The smallest absolute Gasteiger partial charge is 0.258 e. The van der Waals surface area contributed by atoms with Crippen molar-refractivity contribution in [1.82, 2.24) is 0 Å². The van der Waals surface area contributed by atoms with Crippen LogP contribution in [0.2, 0.25) is 0 Å². The van der Waals surface area contributed by atoms with E-state index in [1.165, 1.54) is 13.2 Å². The largest absolute Gasteiger partial charge is 0.496 e. The van der Waals surface area contributed by atoms with E-state index in [4.69, 9.17) is 4.74 Å². The molecule has 1 heterocycles. The highest BCUT2D eigenvalue weighted by atomic mass is 19.1. The van der Waals surface area contributed by atoms with Crippen LogP contribution in [-0.2, 0) is 17.8 Å². The van der Waals surface area contributed by atoms with E-state index in [0.717, 1.165) is 11.6 Å². The van der Waals surface area contributed by atoms with E-state index in [1.807, 2.05) is 0 Å². The number of aliphatic hydroxyl groups is 1. The van der Waals surface area contributed by atoms with Gasteiger partial charge in [0.25, 0.3) is 5.91 Å². The van der Waals surface area contributed by atoms with Gasteiger partial charge in [0.1, 0.15) is 11.6 Å². The number of ether oxygens (including phenoxy) is 1. The van der Waals surface area contributed by atoms with Crippen molar-refractivity contribution in [2.45, 2.75) is 19.4 Å². The van der Waals surface area contributed by atoms with Gasteiger partial charge in [-0.3, -0.25) is 9.59 Å². The lowest BCUT2D eigenvalue weighted by Crippen LogP contribution is -2.21. The van der Waals surface area contributed by atoms with Crippen molar-refractivity contribution in [2.75, 3.05) is 17.7 Å². The van der Waals surface area contributed by atoms with E-state index in [9.17, 15) is 19.1 Å². The molecule has 0 aliphatic carbocycles. The molecule has 6 nitrogen and oxygen atoms in total. The first kappa shape index (κ1) is 16.9. The van der Waals surface area contributed by atoms with Crippen molar-refractivity contribution >= 4 is 23.2 Å². The Bertz CT molecular complexity index is 851. The van der Waals surface area contributed by atoms with Gasteiger partial charge in [0, 0.05) is 23.4 Å². The van der Waals surface area contributed by atoms with Crippen molar-refractivity contribution < 1.29 is 23.8 Å². The third-order valence-electron chi connectivity index (χ3n) is 4.04. The Balaban J connectivity index is 1.85. The highest BCUT2D eigenvalue weighted by Gasteiger charge is 2.21. The van der Waals surface area contributed by atoms with Crippen molar-refractivity contribution in [3.8, 4) is 5.75 Å². The predicted octanol–water partition coefficient (Wildman–Crippen LogP) is 2.46. The molecule has 0 fully saturated rings. The van der Waals surface area contributed by atoms with Gasteiger partial charge in [-0.1, -0.05) is 0 Å². The maximum Gasteiger partial charge on any atom is 0.258 e. The second kappa shape index (κ2) is 6.90. The summed E-state index contributed by atoms with van der Waals surface area (Å²) in [7, 11) is 1.48. The maximum absolute atomic E-state index is 14.2. The van der Waals surface area contributed by atoms with E-state index in [0.29, 0.717) is 35.5 Å². The first-order valence-corrected chi connectivity index (χ1v) is 7.73. The molecule has 2 aromatic carbocycles. The Morgan fingerprint density at radius 2 is 2.12 bits per heavy atom. The van der Waals surface area contributed by atoms with Gasteiger partial charge < -0.3 is 20.5 Å². The summed E-state index contributed by atoms with van der Waals surface area (Å²) in [6, 6.07) is 7.39. The lowest BCUT2D eigenvalue weighted by molar-refractivity contribution is -0.116. The van der Waals surface area contributed by atoms with Gasteiger partial charge in [-0.25, -0.2) is 4.39 Å². The second-order valence-corrected chi connectivity index (χ2v) is 5.68. The van der Waals surface area contributed by atoms with Gasteiger partial charge in [-0.2, -0.15) is 0 Å². The summed E-state index contributed by atoms with van der Waals surface area (Å²) in [6.07, 6.45) is 0.761. The quantitative estimate of drug-likeness (QED) is 0.795. The summed E-state index contributed by atoms with van der Waals surface area (Å²) >= 11 is 0. The minimum Gasteiger partial charge on any atom is -0.496 e. The molecule has 2 aromatic rings. The molecule has 0 saturated heterocycles. The van der Waals surface area contributed by atoms with Gasteiger partial charge in [0.05, 0.1) is 19.3 Å². The van der Waals surface area contributed by atoms with E-state index in [1.54, 1.807) is 18.2 Å². The third kappa shape index (κ3) is 3.46. The first-order valence-electron chi connectivity index (χ1n) is 7.73. The molecule has 1 aliphatic rings. The summed E-state index contributed by atoms with van der Waals surface area (Å²) in [6.45, 7) is -0.250. The number of nitrogens with one attached hydrogen (secondary N) is 2. The topological polar surface area (TPSA) is 87.7 Å². The number of benzene rings is 2. The monoisotopic (exact) mass is 344 g/mol. The molecule has 0 bridgehead atoms. The molecule has 0 radical (unpaired) electrons. The third-order valence-corrected chi connectivity index (χ3v) is 4.04. The van der Waals surface area contributed by atoms with Gasteiger partial charge in [-0.15, -0.1) is 0 Å². The van der Waals surface area contributed by atoms with Crippen molar-refractivity contribution in [2.24, 2.45) is 0 Å². The lowest BCUT2D eigenvalue weighted by atomic mass is 9.99. The van der Waals surface area contributed by atoms with Crippen LogP contribution in [0.3, 0.4) is 0 Å². The number of halogens is 1. The first-order chi connectivity index (χ1) is 12.0. The van der Waals surface area contributed by atoms with Crippen LogP contribution in [0.1, 0.15) is 27.9 Å². The zero-order valence-corrected chi connectivity index (χ0v) is 13.6. The average Bonchev–Trinajstić information content (AvgIpc) is 2.60. The van der Waals surface area contributed by atoms with E-state index < -0.39 is 11.7 Å². The molecule has 3 N–H and O–H groups in total. The number of hydrogen-bond donors (Lipinski definition) is 3. The van der Waals surface area contributed by atoms with Gasteiger partial charge in [-0.05, 0) is 42.3 Å². The molecule has 130 valence electrons. The molecule has 0 aromatic heterocycles. The summed E-state index contributed by atoms with van der Waals surface area (Å²) in [5.74, 6) is -0.990. The SMILES string of the molecule is COc1ccc(NC(=O)c2cc3c(cc2F)NC(=O)CC3)cc1CO. The molecule has 7 heteroatoms. The van der Waals surface area contributed by atoms with Gasteiger partial charge in [0.2, 0.25) is 5.91 Å². The minimum atomic E-state index is -0.714. The van der Waals surface area contributed by atoms with Crippen LogP contribution in [0, 0.1) is 5.82 Å². The fraction of sp³-hybridized carbons (Fsp3) is 0.222. The Hall–Kier alpha value is -2.93. The average molecular weight is 344 g/mol. The Kier molecular flexibility index (Phi) is 4.67. The molecule has 0 unspecified atom stereocenters. The molecule has 0 atom stereocenters. The number of hydrogen-bond acceptors (Lipinski definition) is 4. The van der Waals surface area contributed by atoms with Crippen LogP contribution in [-0.4, -0.2) is 24.0 Å². The van der Waals surface area contributed by atoms with E-state index in [-0.39, 0.29) is 18.1 Å². The highest BCUT2D eigenvalue weighted by Crippen LogP contribution is 2.27. The van der Waals surface area contributed by atoms with E-state index in [2.05, 4.69) is 10.6 Å².